The lowest BCUT2D eigenvalue weighted by Crippen LogP contribution is -2.62. The summed E-state index contributed by atoms with van der Waals surface area (Å²) in [5.41, 5.74) is 35.2. The smallest absolute Gasteiger partial charge is 0.303 e. The van der Waals surface area contributed by atoms with Gasteiger partial charge in [0.2, 0.25) is 0 Å². The van der Waals surface area contributed by atoms with E-state index in [4.69, 9.17) is 34.4 Å². The lowest BCUT2D eigenvalue weighted by atomic mass is 9.97. The molecule has 1 aliphatic rings. The number of hydrogen-bond acceptors (Lipinski definition) is 22. The highest BCUT2D eigenvalue weighted by molar-refractivity contribution is 6.17. The van der Waals surface area contributed by atoms with Crippen molar-refractivity contribution < 1.29 is 67.7 Å². The van der Waals surface area contributed by atoms with Crippen molar-refractivity contribution in [3.63, 3.8) is 0 Å². The number of unbranched alkanes of at least 4 members (excludes halogenated alkanes) is 2. The van der Waals surface area contributed by atoms with Crippen molar-refractivity contribution in [2.24, 2.45) is 34.4 Å². The van der Waals surface area contributed by atoms with Gasteiger partial charge in [-0.2, -0.15) is 0 Å². The van der Waals surface area contributed by atoms with Gasteiger partial charge in [0.05, 0.1) is 72.2 Å². The number of rotatable bonds is 22. The van der Waals surface area contributed by atoms with Gasteiger partial charge in [-0.25, -0.2) is 9.36 Å². The quantitative estimate of drug-likeness (QED) is 0.0258. The molecule has 82 heavy (non-hydrogen) atoms. The highest BCUT2D eigenvalue weighted by atomic mass is 16.4. The van der Waals surface area contributed by atoms with Gasteiger partial charge < -0.3 is 76.5 Å². The summed E-state index contributed by atoms with van der Waals surface area (Å²) in [6.07, 6.45) is 1.63. The number of carbonyl (C=O) groups excluding carboxylic acids is 10. The Labute approximate surface area is 466 Å². The van der Waals surface area contributed by atoms with Gasteiger partial charge in [-0.1, -0.05) is 47.5 Å². The molecule has 440 valence electrons. The van der Waals surface area contributed by atoms with E-state index in [1.54, 1.807) is 0 Å². The predicted octanol–water partition coefficient (Wildman–Crippen LogP) is -5.47. The number of amides is 6. The Hall–Kier alpha value is -9.08. The number of benzene rings is 2. The second-order valence-corrected chi connectivity index (χ2v) is 18.9. The number of carbonyl (C=O) groups is 12. The maximum absolute atomic E-state index is 14.4. The fourth-order valence-electron chi connectivity index (χ4n) is 8.22. The van der Waals surface area contributed by atoms with Gasteiger partial charge in [-0.05, 0) is 75.9 Å². The number of para-hydroxylation sites is 2. The molecule has 4 bridgehead atoms. The summed E-state index contributed by atoms with van der Waals surface area (Å²) in [5, 5.41) is 48.7. The Bertz CT molecular complexity index is 2820. The number of aromatic nitrogens is 6. The third kappa shape index (κ3) is 17.5. The molecule has 8 atom stereocenters. The Morgan fingerprint density at radius 3 is 1.16 bits per heavy atom. The predicted molar refractivity (Wildman–Crippen MR) is 284 cm³/mol. The van der Waals surface area contributed by atoms with Crippen LogP contribution in [0.15, 0.2) is 60.9 Å². The van der Waals surface area contributed by atoms with Crippen LogP contribution in [0, 0.1) is 0 Å². The summed E-state index contributed by atoms with van der Waals surface area (Å²) >= 11 is 0. The topological polar surface area (TPSA) is 535 Å². The number of nitrogens with two attached hydrogens (primary N) is 6. The number of Topliss-reactive ketones (excluding diaryl/α,β-unsaturated/α-hetero) is 4. The number of aliphatic carboxylic acids is 2. The van der Waals surface area contributed by atoms with Crippen molar-refractivity contribution >= 4 is 70.5 Å². The average Bonchev–Trinajstić information content (AvgIpc) is 4.28. The largest absolute Gasteiger partial charge is 0.481 e. The van der Waals surface area contributed by atoms with E-state index in [9.17, 15) is 67.7 Å². The minimum absolute atomic E-state index is 0.00865. The van der Waals surface area contributed by atoms with Crippen LogP contribution in [0.2, 0.25) is 0 Å². The molecule has 5 rings (SSSR count). The van der Waals surface area contributed by atoms with Crippen LogP contribution in [-0.2, 0) is 61.0 Å². The summed E-state index contributed by atoms with van der Waals surface area (Å²) in [6, 6.07) is -4.12. The Balaban J connectivity index is 1.64. The number of nitrogens with one attached hydrogen (secondary N) is 6. The molecule has 0 aliphatic carbocycles. The zero-order valence-electron chi connectivity index (χ0n) is 44.2. The SMILES string of the molecule is NCCCC[C@H](N)C(=O)[C@@H]1NC(=O)[C@H](C(=O)[C@@H](N)CCC(=O)O)NC(=O)c2ccccc2-n2cc(nn2)CNC(=O)[C@H](C(=O)[C@@H](N)CCCCN)NC(=O)[C@H](C(=O)[C@@H](N)CCC(=O)O)NC(=O)c2ccccc2-n2cc(nn2)CNC1=O. The van der Waals surface area contributed by atoms with Crippen LogP contribution in [0.4, 0.5) is 0 Å². The van der Waals surface area contributed by atoms with Gasteiger partial charge in [-0.15, -0.1) is 10.2 Å². The Kier molecular flexibility index (Phi) is 23.7. The first kappa shape index (κ1) is 63.7. The summed E-state index contributed by atoms with van der Waals surface area (Å²) in [6.45, 7) is -0.601. The third-order valence-corrected chi connectivity index (χ3v) is 12.8. The number of hydrogen-bond donors (Lipinski definition) is 14. The fourth-order valence-corrected chi connectivity index (χ4v) is 8.22. The molecular weight excluding hydrogens is 1080 g/mol. The highest BCUT2D eigenvalue weighted by Gasteiger charge is 2.41. The number of carboxylic acid groups (broad SMARTS) is 2. The number of nitrogens with zero attached hydrogens (tertiary/aromatic N) is 6. The molecular formula is C50H66N18O14. The molecule has 20 N–H and O–H groups in total. The van der Waals surface area contributed by atoms with Crippen LogP contribution in [0.3, 0.4) is 0 Å². The molecule has 0 spiro atoms. The summed E-state index contributed by atoms with van der Waals surface area (Å²) in [4.78, 5) is 165. The molecule has 0 fully saturated rings. The maximum Gasteiger partial charge on any atom is 0.303 e. The second kappa shape index (κ2) is 30.5. The third-order valence-electron chi connectivity index (χ3n) is 12.8. The number of carboxylic acids is 2. The van der Waals surface area contributed by atoms with Gasteiger partial charge >= 0.3 is 11.9 Å². The van der Waals surface area contributed by atoms with Crippen LogP contribution in [0.25, 0.3) is 11.4 Å². The summed E-state index contributed by atoms with van der Waals surface area (Å²) < 4.78 is 2.10. The molecule has 32 heteroatoms. The normalized spacial score (nSPS) is 19.0. The van der Waals surface area contributed by atoms with Gasteiger partial charge in [0.15, 0.2) is 47.3 Å². The monoisotopic (exact) mass is 1140 g/mol. The van der Waals surface area contributed by atoms with Crippen molar-refractivity contribution in [3.8, 4) is 11.4 Å². The van der Waals surface area contributed by atoms with E-state index in [-0.39, 0.29) is 59.8 Å². The number of ketones is 4. The lowest BCUT2D eigenvalue weighted by molar-refractivity contribution is -0.140. The lowest BCUT2D eigenvalue weighted by Gasteiger charge is -2.25. The van der Waals surface area contributed by atoms with Crippen molar-refractivity contribution in [3.05, 3.63) is 83.4 Å². The zero-order valence-corrected chi connectivity index (χ0v) is 44.2. The van der Waals surface area contributed by atoms with Crippen molar-refractivity contribution in [2.45, 2.75) is 126 Å². The standard InChI is InChI=1S/C50H66N18O14/c51-19-7-5-11-29(53)41(73)37-47(79)58-22-26-24-68(66-64-26)34-14-4-2-10-28(34)46(78)60-40(44(76)32(56)16-18-36(71)72)50(82)62-38(42(74)30(54)12-6-8-20-52)48(80)57-21-25-23-67(65-63-25)33-13-3-1-9-27(33)45(77)59-39(49(81)61-37)43(75)31(55)15-17-35(69)70/h1-4,9-10,13-14,23-24,29-32,37-40H,5-8,11-12,15-22,51-56H2,(H,57,80)(H,58,79)(H,59,77)(H,60,78)(H,61,81)(H,62,82)(H,69,70)(H,71,72)/t29-,30-,31-,32-,37-,38-,39-,40-/m0/s1. The molecule has 0 saturated heterocycles. The molecule has 0 saturated carbocycles. The molecule has 3 heterocycles. The van der Waals surface area contributed by atoms with Crippen LogP contribution < -0.4 is 66.3 Å². The molecule has 6 amide bonds. The Morgan fingerprint density at radius 2 is 0.817 bits per heavy atom. The van der Waals surface area contributed by atoms with Gasteiger partial charge in [0.1, 0.15) is 11.4 Å². The van der Waals surface area contributed by atoms with Crippen LogP contribution in [0.5, 0.6) is 0 Å². The fraction of sp³-hybridized carbons (Fsp3) is 0.440. The highest BCUT2D eigenvalue weighted by Crippen LogP contribution is 2.18. The first-order valence-electron chi connectivity index (χ1n) is 25.9. The summed E-state index contributed by atoms with van der Waals surface area (Å²) in [7, 11) is 0. The van der Waals surface area contributed by atoms with E-state index in [1.807, 2.05) is 0 Å². The molecule has 0 radical (unpaired) electrons. The van der Waals surface area contributed by atoms with E-state index < -0.39 is 158 Å². The van der Waals surface area contributed by atoms with E-state index in [2.05, 4.69) is 52.5 Å². The van der Waals surface area contributed by atoms with Gasteiger partial charge in [0.25, 0.3) is 35.4 Å². The molecule has 1 aliphatic heterocycles. The van der Waals surface area contributed by atoms with Crippen molar-refractivity contribution in [1.29, 1.82) is 0 Å². The molecule has 0 unspecified atom stereocenters. The minimum atomic E-state index is -2.29. The van der Waals surface area contributed by atoms with Crippen molar-refractivity contribution in [2.75, 3.05) is 13.1 Å². The molecule has 32 nitrogen and oxygen atoms in total. The maximum atomic E-state index is 14.4. The second-order valence-electron chi connectivity index (χ2n) is 18.9. The van der Waals surface area contributed by atoms with Crippen LogP contribution >= 0.6 is 0 Å². The Morgan fingerprint density at radius 1 is 0.488 bits per heavy atom. The first-order valence-corrected chi connectivity index (χ1v) is 25.9. The van der Waals surface area contributed by atoms with Crippen LogP contribution in [-0.4, -0.2) is 172 Å². The van der Waals surface area contributed by atoms with Gasteiger partial charge in [-0.3, -0.25) is 57.5 Å². The zero-order chi connectivity index (χ0) is 60.2. The molecule has 4 aromatic rings. The first-order chi connectivity index (χ1) is 39.1. The van der Waals surface area contributed by atoms with E-state index in [0.717, 1.165) is 9.36 Å². The average molecular weight is 1140 g/mol. The number of fused-ring (bicyclic) bond motifs is 8. The van der Waals surface area contributed by atoms with E-state index in [1.165, 1.54) is 60.9 Å². The van der Waals surface area contributed by atoms with Crippen molar-refractivity contribution in [1.82, 2.24) is 61.9 Å². The van der Waals surface area contributed by atoms with Gasteiger partial charge in [0, 0.05) is 12.8 Å². The minimum Gasteiger partial charge on any atom is -0.481 e. The van der Waals surface area contributed by atoms with E-state index in [0.29, 0.717) is 25.7 Å². The summed E-state index contributed by atoms with van der Waals surface area (Å²) in [5.74, 6) is -14.8. The van der Waals surface area contributed by atoms with E-state index >= 15 is 0 Å². The molecule has 2 aromatic heterocycles. The van der Waals surface area contributed by atoms with Crippen LogP contribution in [0.1, 0.15) is 96.3 Å². The molecule has 2 aromatic carbocycles.